The summed E-state index contributed by atoms with van der Waals surface area (Å²) in [5.74, 6) is 1.63. The summed E-state index contributed by atoms with van der Waals surface area (Å²) in [6, 6.07) is 7.11. The molecule has 1 aliphatic rings. The smallest absolute Gasteiger partial charge is 0.177 e. The first-order chi connectivity index (χ1) is 14.4. The molecule has 30 heavy (non-hydrogen) atoms. The van der Waals surface area contributed by atoms with E-state index in [1.54, 1.807) is 18.2 Å². The minimum atomic E-state index is -3.40. The molecule has 9 nitrogen and oxygen atoms in total. The summed E-state index contributed by atoms with van der Waals surface area (Å²) in [5, 5.41) is 12.4. The zero-order valence-electron chi connectivity index (χ0n) is 17.3. The van der Waals surface area contributed by atoms with Gasteiger partial charge in [-0.25, -0.2) is 23.4 Å². The van der Waals surface area contributed by atoms with E-state index < -0.39 is 9.84 Å². The van der Waals surface area contributed by atoms with E-state index in [1.165, 1.54) is 12.6 Å². The van der Waals surface area contributed by atoms with E-state index in [9.17, 15) is 13.7 Å². The molecule has 0 unspecified atom stereocenters. The van der Waals surface area contributed by atoms with Gasteiger partial charge in [-0.2, -0.15) is 5.26 Å². The second-order valence-electron chi connectivity index (χ2n) is 6.93. The SMILES string of the molecule is CC.CS(=O)(=O)c1cccc2nc(CNc3ncnc(N)c3C#N)n(CC3CC3)c12. The van der Waals surface area contributed by atoms with Crippen molar-refractivity contribution in [3.05, 3.63) is 35.9 Å². The van der Waals surface area contributed by atoms with E-state index in [1.807, 2.05) is 24.5 Å². The number of aromatic nitrogens is 4. The van der Waals surface area contributed by atoms with E-state index in [4.69, 9.17) is 5.73 Å². The average molecular weight is 428 g/mol. The molecule has 0 atom stereocenters. The molecule has 1 fully saturated rings. The molecule has 1 saturated carbocycles. The van der Waals surface area contributed by atoms with Gasteiger partial charge in [0.1, 0.15) is 35.4 Å². The number of hydrogen-bond acceptors (Lipinski definition) is 8. The van der Waals surface area contributed by atoms with Crippen molar-refractivity contribution in [3.63, 3.8) is 0 Å². The number of nitriles is 1. The van der Waals surface area contributed by atoms with E-state index in [-0.39, 0.29) is 22.8 Å². The van der Waals surface area contributed by atoms with Crippen molar-refractivity contribution in [3.8, 4) is 6.07 Å². The van der Waals surface area contributed by atoms with Crippen LogP contribution in [-0.4, -0.2) is 34.2 Å². The van der Waals surface area contributed by atoms with Gasteiger partial charge < -0.3 is 15.6 Å². The maximum Gasteiger partial charge on any atom is 0.177 e. The Morgan fingerprint density at radius 1 is 1.30 bits per heavy atom. The molecule has 10 heteroatoms. The van der Waals surface area contributed by atoms with Gasteiger partial charge in [0.05, 0.1) is 22.5 Å². The zero-order valence-corrected chi connectivity index (χ0v) is 18.1. The minimum Gasteiger partial charge on any atom is -0.382 e. The number of anilines is 2. The first-order valence-electron chi connectivity index (χ1n) is 9.81. The van der Waals surface area contributed by atoms with Gasteiger partial charge in [-0.05, 0) is 30.9 Å². The number of benzene rings is 1. The van der Waals surface area contributed by atoms with Crippen LogP contribution in [0.15, 0.2) is 29.4 Å². The molecule has 0 amide bonds. The van der Waals surface area contributed by atoms with Crippen molar-refractivity contribution >= 4 is 32.5 Å². The maximum absolute atomic E-state index is 12.3. The zero-order chi connectivity index (χ0) is 21.9. The van der Waals surface area contributed by atoms with Gasteiger partial charge in [0, 0.05) is 12.8 Å². The van der Waals surface area contributed by atoms with Crippen LogP contribution < -0.4 is 11.1 Å². The number of hydrogen-bond donors (Lipinski definition) is 2. The highest BCUT2D eigenvalue weighted by Gasteiger charge is 2.26. The first kappa shape index (κ1) is 21.5. The molecular weight excluding hydrogens is 402 g/mol. The van der Waals surface area contributed by atoms with Crippen LogP contribution in [0.2, 0.25) is 0 Å². The third-order valence-corrected chi connectivity index (χ3v) is 5.88. The lowest BCUT2D eigenvalue weighted by molar-refractivity contribution is 0.596. The van der Waals surface area contributed by atoms with Gasteiger partial charge in [-0.3, -0.25) is 0 Å². The van der Waals surface area contributed by atoms with Gasteiger partial charge in [0.25, 0.3) is 0 Å². The number of fused-ring (bicyclic) bond motifs is 1. The number of nitrogen functional groups attached to an aromatic ring is 1. The van der Waals surface area contributed by atoms with Gasteiger partial charge >= 0.3 is 0 Å². The van der Waals surface area contributed by atoms with E-state index >= 15 is 0 Å². The Hall–Kier alpha value is -3.19. The Labute approximate surface area is 175 Å². The molecule has 0 saturated heterocycles. The van der Waals surface area contributed by atoms with Crippen LogP contribution in [0.1, 0.15) is 38.1 Å². The second kappa shape index (κ2) is 8.67. The number of rotatable bonds is 6. The van der Waals surface area contributed by atoms with E-state index in [0.717, 1.165) is 12.8 Å². The van der Waals surface area contributed by atoms with Crippen molar-refractivity contribution in [1.29, 1.82) is 5.26 Å². The van der Waals surface area contributed by atoms with Gasteiger partial charge in [-0.15, -0.1) is 0 Å². The second-order valence-corrected chi connectivity index (χ2v) is 8.91. The number of sulfone groups is 1. The van der Waals surface area contributed by atoms with Crippen LogP contribution in [0.4, 0.5) is 11.6 Å². The predicted molar refractivity (Wildman–Crippen MR) is 115 cm³/mol. The molecule has 0 radical (unpaired) electrons. The molecule has 3 aromatic rings. The Morgan fingerprint density at radius 3 is 2.67 bits per heavy atom. The van der Waals surface area contributed by atoms with Crippen molar-refractivity contribution in [1.82, 2.24) is 19.5 Å². The molecule has 1 aromatic carbocycles. The fourth-order valence-electron chi connectivity index (χ4n) is 3.20. The Balaban J connectivity index is 0.00000124. The van der Waals surface area contributed by atoms with Crippen LogP contribution in [-0.2, 0) is 22.9 Å². The molecule has 158 valence electrons. The van der Waals surface area contributed by atoms with Crippen LogP contribution in [0, 0.1) is 17.2 Å². The number of nitrogens with zero attached hydrogens (tertiary/aromatic N) is 5. The lowest BCUT2D eigenvalue weighted by Crippen LogP contribution is -2.13. The summed E-state index contributed by atoms with van der Waals surface area (Å²) in [4.78, 5) is 12.8. The lowest BCUT2D eigenvalue weighted by atomic mass is 10.3. The summed E-state index contributed by atoms with van der Waals surface area (Å²) in [5.41, 5.74) is 7.15. The van der Waals surface area contributed by atoms with Gasteiger partial charge in [0.15, 0.2) is 9.84 Å². The lowest BCUT2D eigenvalue weighted by Gasteiger charge is -2.12. The number of nitrogens with two attached hydrogens (primary N) is 1. The van der Waals surface area contributed by atoms with Crippen molar-refractivity contribution in [2.45, 2.75) is 44.7 Å². The molecule has 2 heterocycles. The quantitative estimate of drug-likeness (QED) is 0.612. The highest BCUT2D eigenvalue weighted by Crippen LogP contribution is 2.34. The van der Waals surface area contributed by atoms with Crippen molar-refractivity contribution < 1.29 is 8.42 Å². The summed E-state index contributed by atoms with van der Waals surface area (Å²) < 4.78 is 26.5. The largest absolute Gasteiger partial charge is 0.382 e. The summed E-state index contributed by atoms with van der Waals surface area (Å²) in [6.07, 6.45) is 4.73. The molecule has 2 aromatic heterocycles. The molecule has 0 aliphatic heterocycles. The maximum atomic E-state index is 12.3. The van der Waals surface area contributed by atoms with E-state index in [0.29, 0.717) is 35.1 Å². The third-order valence-electron chi connectivity index (χ3n) is 4.75. The summed E-state index contributed by atoms with van der Waals surface area (Å²) >= 11 is 0. The van der Waals surface area contributed by atoms with Crippen LogP contribution in [0.25, 0.3) is 11.0 Å². The average Bonchev–Trinajstić information content (AvgIpc) is 3.47. The topological polar surface area (TPSA) is 140 Å². The van der Waals surface area contributed by atoms with Gasteiger partial charge in [0.2, 0.25) is 0 Å². The highest BCUT2D eigenvalue weighted by atomic mass is 32.2. The Bertz CT molecular complexity index is 1210. The van der Waals surface area contributed by atoms with Crippen LogP contribution in [0.3, 0.4) is 0 Å². The Morgan fingerprint density at radius 2 is 2.03 bits per heavy atom. The molecular formula is C20H25N7O2S. The van der Waals surface area contributed by atoms with Crippen molar-refractivity contribution in [2.24, 2.45) is 5.92 Å². The number of nitrogens with one attached hydrogen (secondary N) is 1. The molecule has 3 N–H and O–H groups in total. The summed E-state index contributed by atoms with van der Waals surface area (Å²) in [6.45, 7) is 4.98. The number of para-hydroxylation sites is 1. The van der Waals surface area contributed by atoms with Crippen LogP contribution >= 0.6 is 0 Å². The summed E-state index contributed by atoms with van der Waals surface area (Å²) in [7, 11) is -3.40. The normalized spacial score (nSPS) is 13.4. The third kappa shape index (κ3) is 4.36. The molecule has 0 spiro atoms. The highest BCUT2D eigenvalue weighted by molar-refractivity contribution is 7.91. The monoisotopic (exact) mass is 427 g/mol. The molecule has 4 rings (SSSR count). The van der Waals surface area contributed by atoms with E-state index in [2.05, 4.69) is 20.3 Å². The molecule has 0 bridgehead atoms. The Kier molecular flexibility index (Phi) is 6.22. The molecule has 1 aliphatic carbocycles. The standard InChI is InChI=1S/C18H19N7O2S.C2H6/c1-28(26,27)14-4-2-3-13-16(14)25(9-11-5-6-11)15(24-13)8-21-18-12(7-19)17(20)22-10-23-18;1-2/h2-4,10-11H,5-6,8-9H2,1H3,(H3,20,21,22,23);1-2H3. The predicted octanol–water partition coefficient (Wildman–Crippen LogP) is 2.73. The number of imidazole rings is 1. The van der Waals surface area contributed by atoms with Gasteiger partial charge in [-0.1, -0.05) is 19.9 Å². The first-order valence-corrected chi connectivity index (χ1v) is 11.7. The fraction of sp³-hybridized carbons (Fsp3) is 0.400. The van der Waals surface area contributed by atoms with Crippen molar-refractivity contribution in [2.75, 3.05) is 17.3 Å². The van der Waals surface area contributed by atoms with Crippen LogP contribution in [0.5, 0.6) is 0 Å². The minimum absolute atomic E-state index is 0.103. The fourth-order valence-corrected chi connectivity index (χ4v) is 4.09.